The molecule has 1 N–H and O–H groups in total. The molecule has 2 rings (SSSR count). The zero-order valence-corrected chi connectivity index (χ0v) is 11.6. The number of aromatic nitrogens is 1. The van der Waals surface area contributed by atoms with Gasteiger partial charge in [0.05, 0.1) is 17.1 Å². The third-order valence-corrected chi connectivity index (χ3v) is 4.45. The fourth-order valence-corrected chi connectivity index (χ4v) is 3.30. The van der Waals surface area contributed by atoms with Crippen molar-refractivity contribution in [2.75, 3.05) is 13.6 Å². The second-order valence-electron chi connectivity index (χ2n) is 4.96. The molecule has 0 aliphatic carbocycles. The average molecular weight is 268 g/mol. The van der Waals surface area contributed by atoms with Gasteiger partial charge in [-0.25, -0.2) is 4.98 Å². The van der Waals surface area contributed by atoms with Crippen LogP contribution in [-0.4, -0.2) is 40.6 Å². The van der Waals surface area contributed by atoms with Gasteiger partial charge in [0.15, 0.2) is 0 Å². The third kappa shape index (κ3) is 3.78. The molecule has 1 fully saturated rings. The molecule has 0 amide bonds. The number of rotatable bonds is 5. The number of aliphatic carboxylic acids is 1. The summed E-state index contributed by atoms with van der Waals surface area (Å²) >= 11 is 1.67. The Morgan fingerprint density at radius 1 is 1.61 bits per heavy atom. The quantitative estimate of drug-likeness (QED) is 0.889. The summed E-state index contributed by atoms with van der Waals surface area (Å²) in [7, 11) is 2.18. The van der Waals surface area contributed by atoms with E-state index in [1.165, 1.54) is 25.8 Å². The van der Waals surface area contributed by atoms with Gasteiger partial charge < -0.3 is 10.0 Å². The van der Waals surface area contributed by atoms with E-state index in [0.717, 1.165) is 17.1 Å². The molecule has 1 aliphatic heterocycles. The van der Waals surface area contributed by atoms with Gasteiger partial charge in [-0.05, 0) is 26.4 Å². The molecule has 0 saturated carbocycles. The lowest BCUT2D eigenvalue weighted by atomic mass is 10.0. The predicted molar refractivity (Wildman–Crippen MR) is 72.0 cm³/mol. The highest BCUT2D eigenvalue weighted by molar-refractivity contribution is 7.09. The SMILES string of the molecule is CN1CCCCC1Cc1nc(CCC(=O)O)cs1. The summed E-state index contributed by atoms with van der Waals surface area (Å²) in [6, 6.07) is 0.609. The van der Waals surface area contributed by atoms with Crippen molar-refractivity contribution in [1.29, 1.82) is 0 Å². The van der Waals surface area contributed by atoms with Crippen LogP contribution in [0.2, 0.25) is 0 Å². The van der Waals surface area contributed by atoms with Crippen LogP contribution in [0.15, 0.2) is 5.38 Å². The van der Waals surface area contributed by atoms with E-state index in [-0.39, 0.29) is 6.42 Å². The molecule has 1 unspecified atom stereocenters. The lowest BCUT2D eigenvalue weighted by Gasteiger charge is -2.31. The number of piperidine rings is 1. The Bertz CT molecular complexity index is 405. The van der Waals surface area contributed by atoms with Crippen LogP contribution in [0.5, 0.6) is 0 Å². The summed E-state index contributed by atoms with van der Waals surface area (Å²) in [6.07, 6.45) is 5.59. The van der Waals surface area contributed by atoms with E-state index in [1.807, 2.05) is 5.38 Å². The summed E-state index contributed by atoms with van der Waals surface area (Å²) in [6.45, 7) is 1.18. The highest BCUT2D eigenvalue weighted by Crippen LogP contribution is 2.21. The molecule has 1 atom stereocenters. The molecular weight excluding hydrogens is 248 g/mol. The Morgan fingerprint density at radius 2 is 2.44 bits per heavy atom. The highest BCUT2D eigenvalue weighted by Gasteiger charge is 2.20. The van der Waals surface area contributed by atoms with E-state index in [0.29, 0.717) is 12.5 Å². The minimum atomic E-state index is -0.753. The first-order chi connectivity index (χ1) is 8.65. The Morgan fingerprint density at radius 3 is 3.17 bits per heavy atom. The standard InChI is InChI=1S/C13H20N2O2S/c1-15-7-3-2-4-11(15)8-12-14-10(9-18-12)5-6-13(16)17/h9,11H,2-8H2,1H3,(H,16,17). The number of aryl methyl sites for hydroxylation is 1. The van der Waals surface area contributed by atoms with Crippen LogP contribution in [-0.2, 0) is 17.6 Å². The van der Waals surface area contributed by atoms with Crippen LogP contribution in [0.4, 0.5) is 0 Å². The number of carboxylic acids is 1. The average Bonchev–Trinajstić information content (AvgIpc) is 2.77. The van der Waals surface area contributed by atoms with E-state index in [9.17, 15) is 4.79 Å². The maximum Gasteiger partial charge on any atom is 0.303 e. The molecule has 0 aromatic carbocycles. The summed E-state index contributed by atoms with van der Waals surface area (Å²) in [5.74, 6) is -0.753. The van der Waals surface area contributed by atoms with E-state index < -0.39 is 5.97 Å². The zero-order valence-electron chi connectivity index (χ0n) is 10.8. The predicted octanol–water partition coefficient (Wildman–Crippen LogP) is 2.19. The maximum atomic E-state index is 10.5. The van der Waals surface area contributed by atoms with Gasteiger partial charge in [-0.2, -0.15) is 0 Å². The van der Waals surface area contributed by atoms with Crippen molar-refractivity contribution in [3.05, 3.63) is 16.1 Å². The number of carboxylic acid groups (broad SMARTS) is 1. The van der Waals surface area contributed by atoms with Crippen molar-refractivity contribution in [1.82, 2.24) is 9.88 Å². The Hall–Kier alpha value is -0.940. The number of nitrogens with zero attached hydrogens (tertiary/aromatic N) is 2. The van der Waals surface area contributed by atoms with Crippen molar-refractivity contribution < 1.29 is 9.90 Å². The van der Waals surface area contributed by atoms with E-state index in [2.05, 4.69) is 16.9 Å². The smallest absolute Gasteiger partial charge is 0.303 e. The minimum absolute atomic E-state index is 0.173. The zero-order chi connectivity index (χ0) is 13.0. The Labute approximate surface area is 112 Å². The summed E-state index contributed by atoms with van der Waals surface area (Å²) in [5, 5.41) is 11.8. The van der Waals surface area contributed by atoms with Crippen LogP contribution in [0.3, 0.4) is 0 Å². The van der Waals surface area contributed by atoms with Gasteiger partial charge in [0.1, 0.15) is 0 Å². The normalized spacial score (nSPS) is 21.1. The van der Waals surface area contributed by atoms with E-state index >= 15 is 0 Å². The number of likely N-dealkylation sites (N-methyl/N-ethyl adjacent to an activating group) is 1. The molecule has 5 heteroatoms. The van der Waals surface area contributed by atoms with Crippen LogP contribution in [0, 0.1) is 0 Å². The van der Waals surface area contributed by atoms with Crippen LogP contribution < -0.4 is 0 Å². The topological polar surface area (TPSA) is 53.4 Å². The third-order valence-electron chi connectivity index (χ3n) is 3.53. The first-order valence-corrected chi connectivity index (χ1v) is 7.38. The second-order valence-corrected chi connectivity index (χ2v) is 5.90. The van der Waals surface area contributed by atoms with Crippen LogP contribution >= 0.6 is 11.3 Å². The van der Waals surface area contributed by atoms with Crippen molar-refractivity contribution in [3.8, 4) is 0 Å². The van der Waals surface area contributed by atoms with Gasteiger partial charge in [-0.3, -0.25) is 4.79 Å². The summed E-state index contributed by atoms with van der Waals surface area (Å²) in [4.78, 5) is 17.5. The van der Waals surface area contributed by atoms with Crippen LogP contribution in [0.1, 0.15) is 36.4 Å². The van der Waals surface area contributed by atoms with Gasteiger partial charge in [-0.15, -0.1) is 11.3 Å². The molecule has 18 heavy (non-hydrogen) atoms. The molecule has 1 aromatic heterocycles. The molecule has 1 aliphatic rings. The fourth-order valence-electron chi connectivity index (χ4n) is 2.40. The maximum absolute atomic E-state index is 10.5. The van der Waals surface area contributed by atoms with Crippen molar-refractivity contribution in [3.63, 3.8) is 0 Å². The van der Waals surface area contributed by atoms with E-state index in [4.69, 9.17) is 5.11 Å². The lowest BCUT2D eigenvalue weighted by molar-refractivity contribution is -0.136. The number of hydrogen-bond acceptors (Lipinski definition) is 4. The number of carbonyl (C=O) groups is 1. The fraction of sp³-hybridized carbons (Fsp3) is 0.692. The number of hydrogen-bond donors (Lipinski definition) is 1. The second kappa shape index (κ2) is 6.29. The molecule has 0 radical (unpaired) electrons. The molecule has 0 spiro atoms. The largest absolute Gasteiger partial charge is 0.481 e. The minimum Gasteiger partial charge on any atom is -0.481 e. The molecule has 2 heterocycles. The van der Waals surface area contributed by atoms with Gasteiger partial charge in [0.25, 0.3) is 0 Å². The van der Waals surface area contributed by atoms with E-state index in [1.54, 1.807) is 11.3 Å². The first-order valence-electron chi connectivity index (χ1n) is 6.50. The van der Waals surface area contributed by atoms with Crippen molar-refractivity contribution >= 4 is 17.3 Å². The first kappa shape index (κ1) is 13.5. The number of thiazole rings is 1. The summed E-state index contributed by atoms with van der Waals surface area (Å²) in [5.41, 5.74) is 0.927. The molecule has 1 aromatic rings. The highest BCUT2D eigenvalue weighted by atomic mass is 32.1. The molecule has 0 bridgehead atoms. The summed E-state index contributed by atoms with van der Waals surface area (Å²) < 4.78 is 0. The van der Waals surface area contributed by atoms with Gasteiger partial charge in [-0.1, -0.05) is 6.42 Å². The van der Waals surface area contributed by atoms with Crippen LogP contribution in [0.25, 0.3) is 0 Å². The molecule has 1 saturated heterocycles. The Balaban J connectivity index is 1.87. The van der Waals surface area contributed by atoms with Gasteiger partial charge in [0, 0.05) is 24.3 Å². The van der Waals surface area contributed by atoms with Crippen molar-refractivity contribution in [2.45, 2.75) is 44.6 Å². The number of likely N-dealkylation sites (tertiary alicyclic amines) is 1. The Kier molecular flexibility index (Phi) is 4.72. The lowest BCUT2D eigenvalue weighted by Crippen LogP contribution is -2.37. The molecular formula is C13H20N2O2S. The molecule has 4 nitrogen and oxygen atoms in total. The van der Waals surface area contributed by atoms with Gasteiger partial charge in [0.2, 0.25) is 0 Å². The van der Waals surface area contributed by atoms with Crippen molar-refractivity contribution in [2.24, 2.45) is 0 Å². The monoisotopic (exact) mass is 268 g/mol. The van der Waals surface area contributed by atoms with Gasteiger partial charge >= 0.3 is 5.97 Å². The molecule has 100 valence electrons.